The van der Waals surface area contributed by atoms with Gasteiger partial charge in [-0.3, -0.25) is 19.6 Å². The summed E-state index contributed by atoms with van der Waals surface area (Å²) in [5.41, 5.74) is 5.74. The lowest BCUT2D eigenvalue weighted by atomic mass is 9.95. The summed E-state index contributed by atoms with van der Waals surface area (Å²) in [7, 11) is 3.02. The molecule has 40 heavy (non-hydrogen) atoms. The third-order valence-electron chi connectivity index (χ3n) is 6.89. The number of methoxy groups -OCH3 is 1. The Morgan fingerprint density at radius 2 is 1.73 bits per heavy atom. The molecule has 0 aliphatic carbocycles. The molecule has 3 aromatic carbocycles. The quantitative estimate of drug-likeness (QED) is 0.169. The van der Waals surface area contributed by atoms with Gasteiger partial charge in [0.1, 0.15) is 17.4 Å². The molecule has 0 radical (unpaired) electrons. The molecule has 8 heteroatoms. The second-order valence-corrected chi connectivity index (χ2v) is 9.72. The number of carbonyl (C=O) groups is 1. The molecule has 0 aliphatic heterocycles. The Bertz CT molecular complexity index is 1560. The largest absolute Gasteiger partial charge is 0.497 e. The van der Waals surface area contributed by atoms with Crippen LogP contribution in [0.15, 0.2) is 77.6 Å². The number of hydrogen-bond acceptors (Lipinski definition) is 5. The molecular weight excluding hydrogens is 499 g/mol. The van der Waals surface area contributed by atoms with E-state index in [9.17, 15) is 9.59 Å². The second-order valence-electron chi connectivity index (χ2n) is 9.72. The van der Waals surface area contributed by atoms with Crippen LogP contribution in [0.2, 0.25) is 0 Å². The van der Waals surface area contributed by atoms with Crippen LogP contribution in [0.3, 0.4) is 0 Å². The summed E-state index contributed by atoms with van der Waals surface area (Å²) in [5, 5.41) is 10.9. The van der Waals surface area contributed by atoms with Crippen molar-refractivity contribution in [3.63, 3.8) is 0 Å². The van der Waals surface area contributed by atoms with E-state index in [2.05, 4.69) is 12.2 Å². The summed E-state index contributed by atoms with van der Waals surface area (Å²) in [6.07, 6.45) is 3.85. The Hall–Kier alpha value is -4.46. The van der Waals surface area contributed by atoms with Crippen molar-refractivity contribution in [1.29, 1.82) is 5.41 Å². The van der Waals surface area contributed by atoms with Crippen molar-refractivity contribution in [2.24, 2.45) is 0 Å². The number of hydrogen-bond donors (Lipinski definition) is 2. The number of nitrogens with zero attached hydrogens (tertiary/aromatic N) is 2. The summed E-state index contributed by atoms with van der Waals surface area (Å²) < 4.78 is 7.03. The van der Waals surface area contributed by atoms with Crippen molar-refractivity contribution in [3.8, 4) is 22.6 Å². The van der Waals surface area contributed by atoms with Crippen LogP contribution in [0.4, 0.5) is 4.79 Å². The third-order valence-corrected chi connectivity index (χ3v) is 6.89. The minimum atomic E-state index is -0.281. The number of amidine groups is 1. The van der Waals surface area contributed by atoms with Crippen LogP contribution in [0.25, 0.3) is 16.8 Å². The van der Waals surface area contributed by atoms with Gasteiger partial charge in [-0.25, -0.2) is 4.98 Å². The average molecular weight is 534 g/mol. The van der Waals surface area contributed by atoms with Gasteiger partial charge in [-0.15, -0.1) is 0 Å². The van der Waals surface area contributed by atoms with Gasteiger partial charge in [-0.1, -0.05) is 68.8 Å². The summed E-state index contributed by atoms with van der Waals surface area (Å²) in [6.45, 7) is 4.16. The summed E-state index contributed by atoms with van der Waals surface area (Å²) in [6, 6.07) is 23.0. The molecule has 0 fully saturated rings. The zero-order valence-corrected chi connectivity index (χ0v) is 23.6. The number of amides is 1. The molecule has 1 heterocycles. The maximum atomic E-state index is 14.0. The number of rotatable bonds is 10. The number of benzene rings is 3. The first-order valence-corrected chi connectivity index (χ1v) is 13.7. The van der Waals surface area contributed by atoms with Gasteiger partial charge in [0.2, 0.25) is 7.85 Å². The molecule has 0 atom stereocenters. The molecule has 7 nitrogen and oxygen atoms in total. The van der Waals surface area contributed by atoms with Gasteiger partial charge in [0.05, 0.1) is 18.5 Å². The first-order chi connectivity index (χ1) is 19.4. The fourth-order valence-electron chi connectivity index (χ4n) is 4.81. The topological polar surface area (TPSA) is 97.1 Å². The van der Waals surface area contributed by atoms with E-state index in [-0.39, 0.29) is 17.2 Å². The smallest absolute Gasteiger partial charge is 0.261 e. The zero-order valence-electron chi connectivity index (χ0n) is 23.6. The summed E-state index contributed by atoms with van der Waals surface area (Å²) in [4.78, 5) is 30.5. The highest BCUT2D eigenvalue weighted by Gasteiger charge is 2.18. The summed E-state index contributed by atoms with van der Waals surface area (Å²) >= 11 is 0. The molecule has 2 N–H and O–H groups in total. The van der Waals surface area contributed by atoms with Crippen LogP contribution in [0.1, 0.15) is 54.9 Å². The Morgan fingerprint density at radius 3 is 2.35 bits per heavy atom. The highest BCUT2D eigenvalue weighted by Crippen LogP contribution is 2.25. The van der Waals surface area contributed by atoms with Gasteiger partial charge in [-0.2, -0.15) is 0 Å². The van der Waals surface area contributed by atoms with E-state index in [0.29, 0.717) is 24.0 Å². The number of aromatic nitrogens is 2. The zero-order chi connectivity index (χ0) is 28.6. The molecule has 4 rings (SSSR count). The Morgan fingerprint density at radius 1 is 1.02 bits per heavy atom. The van der Waals surface area contributed by atoms with Gasteiger partial charge in [-0.05, 0) is 53.8 Å². The van der Waals surface area contributed by atoms with E-state index in [1.807, 2.05) is 79.7 Å². The lowest BCUT2D eigenvalue weighted by Crippen LogP contribution is -2.29. The number of ether oxygens (including phenoxy) is 1. The predicted molar refractivity (Wildman–Crippen MR) is 163 cm³/mol. The van der Waals surface area contributed by atoms with Gasteiger partial charge >= 0.3 is 0 Å². The Labute approximate surface area is 236 Å². The molecule has 4 aromatic rings. The van der Waals surface area contributed by atoms with Crippen LogP contribution < -0.4 is 15.6 Å². The van der Waals surface area contributed by atoms with E-state index < -0.39 is 0 Å². The molecule has 0 bridgehead atoms. The van der Waals surface area contributed by atoms with Gasteiger partial charge in [0.25, 0.3) is 5.56 Å². The summed E-state index contributed by atoms with van der Waals surface area (Å²) in [5.74, 6) is 1.26. The molecule has 1 aromatic heterocycles. The molecule has 0 saturated heterocycles. The van der Waals surface area contributed by atoms with Crippen LogP contribution in [-0.2, 0) is 19.3 Å². The normalized spacial score (nSPS) is 10.8. The van der Waals surface area contributed by atoms with Crippen molar-refractivity contribution in [2.75, 3.05) is 7.11 Å². The second kappa shape index (κ2) is 13.1. The van der Waals surface area contributed by atoms with Crippen molar-refractivity contribution < 1.29 is 9.53 Å². The lowest BCUT2D eigenvalue weighted by Gasteiger charge is -2.17. The number of unbranched alkanes of at least 4 members (excludes halogenated alkanes) is 1. The average Bonchev–Trinajstić information content (AvgIpc) is 2.97. The molecule has 0 unspecified atom stereocenters. The highest BCUT2D eigenvalue weighted by molar-refractivity contribution is 6.58. The monoisotopic (exact) mass is 534 g/mol. The Balaban J connectivity index is 1.73. The van der Waals surface area contributed by atoms with E-state index in [1.54, 1.807) is 11.7 Å². The number of carbonyl (C=O) groups excluding carboxylic acids is 1. The van der Waals surface area contributed by atoms with Crippen molar-refractivity contribution >= 4 is 19.5 Å². The van der Waals surface area contributed by atoms with Crippen molar-refractivity contribution in [1.82, 2.24) is 14.9 Å². The lowest BCUT2D eigenvalue weighted by molar-refractivity contribution is 0.263. The molecule has 204 valence electrons. The van der Waals surface area contributed by atoms with Gasteiger partial charge in [0, 0.05) is 24.0 Å². The van der Waals surface area contributed by atoms with Crippen molar-refractivity contribution in [2.45, 2.75) is 46.0 Å². The molecular formula is C32H35BN4O3. The SMILES string of the molecule is BC(=O)NC(=N)c1ccccc1-c1ccc(Cc2c(CCCC)nc(CC)n(-c3ccc(OC)cc3)c2=O)cc1. The molecule has 1 amide bonds. The standard InChI is InChI=1S/C32H35BN4O3/c1-4-6-11-28-27(31(38)37(29(5-2)35-28)23-16-18-24(40-3)19-17-23)20-21-12-14-22(15-13-21)25-9-7-8-10-26(25)30(34)36-32(33)39/h7-10,12-19H,4-6,11,20,33H2,1-3H3,(H2,34,36,39). The fourth-order valence-corrected chi connectivity index (χ4v) is 4.81. The van der Waals surface area contributed by atoms with Crippen LogP contribution in [0, 0.1) is 5.41 Å². The first-order valence-electron chi connectivity index (χ1n) is 13.7. The van der Waals surface area contributed by atoms with E-state index in [4.69, 9.17) is 15.1 Å². The van der Waals surface area contributed by atoms with E-state index in [0.717, 1.165) is 58.9 Å². The van der Waals surface area contributed by atoms with E-state index in [1.165, 1.54) is 7.85 Å². The van der Waals surface area contributed by atoms with Crippen LogP contribution in [0.5, 0.6) is 5.75 Å². The molecule has 0 spiro atoms. The van der Waals surface area contributed by atoms with Crippen molar-refractivity contribution in [3.05, 3.63) is 111 Å². The molecule has 0 aliphatic rings. The molecule has 0 saturated carbocycles. The Kier molecular flexibility index (Phi) is 9.33. The van der Waals surface area contributed by atoms with Crippen LogP contribution >= 0.6 is 0 Å². The first kappa shape index (κ1) is 28.6. The number of nitrogens with one attached hydrogen (secondary N) is 2. The predicted octanol–water partition coefficient (Wildman–Crippen LogP) is 5.07. The van der Waals surface area contributed by atoms with Gasteiger partial charge < -0.3 is 10.1 Å². The minimum absolute atomic E-state index is 0.0405. The maximum absolute atomic E-state index is 14.0. The van der Waals surface area contributed by atoms with Gasteiger partial charge in [0.15, 0.2) is 5.81 Å². The van der Waals surface area contributed by atoms with E-state index >= 15 is 0 Å². The third kappa shape index (κ3) is 6.39. The minimum Gasteiger partial charge on any atom is -0.497 e. The van der Waals surface area contributed by atoms with Crippen LogP contribution in [-0.4, -0.2) is 36.1 Å². The number of aryl methyl sites for hydroxylation is 2. The highest BCUT2D eigenvalue weighted by atomic mass is 16.5. The fraction of sp³-hybridized carbons (Fsp3) is 0.250. The maximum Gasteiger partial charge on any atom is 0.261 e.